The van der Waals surface area contributed by atoms with Crippen LogP contribution in [0.2, 0.25) is 0 Å². The van der Waals surface area contributed by atoms with E-state index < -0.39 is 11.9 Å². The van der Waals surface area contributed by atoms with Gasteiger partial charge in [-0.15, -0.1) is 0 Å². The van der Waals surface area contributed by atoms with Gasteiger partial charge in [0, 0.05) is 0 Å². The second-order valence-corrected chi connectivity index (χ2v) is 19.2. The van der Waals surface area contributed by atoms with Crippen molar-refractivity contribution in [2.24, 2.45) is 0 Å². The van der Waals surface area contributed by atoms with Crippen molar-refractivity contribution in [3.63, 3.8) is 0 Å². The number of halogens is 2. The number of rotatable bonds is 9. The summed E-state index contributed by atoms with van der Waals surface area (Å²) in [5, 5.41) is 19.1. The second kappa shape index (κ2) is 13.2. The van der Waals surface area contributed by atoms with Crippen LogP contribution < -0.4 is 9.80 Å². The molecule has 0 saturated carbocycles. The van der Waals surface area contributed by atoms with Crippen LogP contribution in [0.3, 0.4) is 0 Å². The normalized spacial score (nSPS) is 14.4. The molecule has 1 aliphatic rings. The summed E-state index contributed by atoms with van der Waals surface area (Å²) < 4.78 is 3.09. The minimum absolute atomic E-state index is 0.0327. The number of aryl methyl sites for hydroxylation is 4. The summed E-state index contributed by atoms with van der Waals surface area (Å²) in [6, 6.07) is 20.9. The van der Waals surface area contributed by atoms with Gasteiger partial charge in [0.15, 0.2) is 0 Å². The quantitative estimate of drug-likeness (QED) is 0.301. The SMILES string of the molecule is Cc1cccc(C)c1N1CCN(c2c(C)cccc2C)[C]1=[Ru]([Cl])([Cl])=[CH]c1ccccc1CN(CCO)CCO. The Bertz CT molecular complexity index is 1330. The number of hydrogen-bond donors (Lipinski definition) is 2. The maximum absolute atomic E-state index is 9.53. The molecule has 2 N–H and O–H groups in total. The van der Waals surface area contributed by atoms with Crippen molar-refractivity contribution in [1.82, 2.24) is 4.90 Å². The van der Waals surface area contributed by atoms with E-state index in [2.05, 4.69) is 90.6 Å². The van der Waals surface area contributed by atoms with Crippen molar-refractivity contribution in [1.29, 1.82) is 0 Å². The fourth-order valence-electron chi connectivity index (χ4n) is 5.40. The molecule has 8 heteroatoms. The first-order valence-electron chi connectivity index (χ1n) is 13.2. The van der Waals surface area contributed by atoms with E-state index in [0.29, 0.717) is 19.6 Å². The average Bonchev–Trinajstić information content (AvgIpc) is 3.30. The van der Waals surface area contributed by atoms with Crippen molar-refractivity contribution in [3.05, 3.63) is 94.0 Å². The molecule has 0 spiro atoms. The summed E-state index contributed by atoms with van der Waals surface area (Å²) in [7, 11) is 15.1. The molecule has 212 valence electrons. The molecule has 0 bridgehead atoms. The summed E-state index contributed by atoms with van der Waals surface area (Å²) >= 11 is -3.67. The van der Waals surface area contributed by atoms with Crippen molar-refractivity contribution in [3.8, 4) is 0 Å². The van der Waals surface area contributed by atoms with Crippen molar-refractivity contribution in [2.75, 3.05) is 49.2 Å². The standard InChI is InChI=1S/C19H22N2.C12H17NO2.2ClH.Ru/c1-14-7-5-8-15(2)18(14)20-11-12-21(13-20)19-16(3)9-6-10-17(19)4;1-11-4-2-3-5-12(11)10-13(6-8-14)7-9-15;;;/h5-10H,11-12H2,1-4H3;1-5,14-15H,6-10H2;2*1H;/q;;;;+2/p-2. The van der Waals surface area contributed by atoms with E-state index in [4.69, 9.17) is 19.4 Å². The van der Waals surface area contributed by atoms with Crippen LogP contribution in [0.5, 0.6) is 0 Å². The molecule has 0 radical (unpaired) electrons. The molecule has 5 nitrogen and oxygen atoms in total. The van der Waals surface area contributed by atoms with Crippen LogP contribution in [-0.4, -0.2) is 63.5 Å². The van der Waals surface area contributed by atoms with E-state index in [-0.39, 0.29) is 13.2 Å². The van der Waals surface area contributed by atoms with E-state index >= 15 is 0 Å². The third-order valence-corrected chi connectivity index (χ3v) is 12.6. The minimum atomic E-state index is -3.67. The van der Waals surface area contributed by atoms with E-state index in [0.717, 1.165) is 28.6 Å². The van der Waals surface area contributed by atoms with E-state index in [9.17, 15) is 10.2 Å². The van der Waals surface area contributed by atoms with Crippen molar-refractivity contribution < 1.29 is 22.1 Å². The molecule has 1 fully saturated rings. The maximum atomic E-state index is 9.53. The Morgan fingerprint density at radius 3 is 1.67 bits per heavy atom. The fourth-order valence-corrected chi connectivity index (χ4v) is 11.5. The van der Waals surface area contributed by atoms with Gasteiger partial charge in [0.2, 0.25) is 0 Å². The molecule has 3 aromatic carbocycles. The molecule has 0 aromatic heterocycles. The monoisotopic (exact) mass is 657 g/mol. The van der Waals surface area contributed by atoms with E-state index in [1.54, 1.807) is 0 Å². The van der Waals surface area contributed by atoms with Crippen LogP contribution in [0.1, 0.15) is 33.4 Å². The molecule has 0 unspecified atom stereocenters. The summed E-state index contributed by atoms with van der Waals surface area (Å²) in [6.45, 7) is 11.8. The molecule has 39 heavy (non-hydrogen) atoms. The summed E-state index contributed by atoms with van der Waals surface area (Å²) in [5.74, 6) is 0. The number of anilines is 2. The Kier molecular flexibility index (Phi) is 10.1. The number of para-hydroxylation sites is 2. The fraction of sp³-hybridized carbons (Fsp3) is 0.355. The molecular formula is C31H39Cl2N3O2Ru. The zero-order valence-electron chi connectivity index (χ0n) is 23.1. The third-order valence-electron chi connectivity index (χ3n) is 7.13. The first-order valence-corrected chi connectivity index (χ1v) is 19.6. The van der Waals surface area contributed by atoms with Crippen LogP contribution in [0.25, 0.3) is 0 Å². The Balaban J connectivity index is 1.95. The van der Waals surface area contributed by atoms with Crippen LogP contribution in [0, 0.1) is 27.7 Å². The molecule has 0 atom stereocenters. The molecule has 0 amide bonds. The second-order valence-electron chi connectivity index (χ2n) is 10.0. The van der Waals surface area contributed by atoms with Crippen LogP contribution in [0.4, 0.5) is 11.4 Å². The van der Waals surface area contributed by atoms with Gasteiger partial charge in [-0.05, 0) is 0 Å². The first kappa shape index (κ1) is 30.1. The Labute approximate surface area is 243 Å². The molecule has 4 rings (SSSR count). The van der Waals surface area contributed by atoms with Gasteiger partial charge in [-0.3, -0.25) is 0 Å². The number of benzene rings is 3. The van der Waals surface area contributed by atoms with Gasteiger partial charge in [0.05, 0.1) is 0 Å². The van der Waals surface area contributed by atoms with Gasteiger partial charge in [0.1, 0.15) is 0 Å². The number of aliphatic hydroxyl groups excluding tert-OH is 2. The van der Waals surface area contributed by atoms with Crippen molar-refractivity contribution in [2.45, 2.75) is 34.2 Å². The molecule has 3 aromatic rings. The Morgan fingerprint density at radius 1 is 0.744 bits per heavy atom. The van der Waals surface area contributed by atoms with Crippen LogP contribution in [-0.2, 0) is 18.4 Å². The Hall–Kier alpha value is -1.92. The topological polar surface area (TPSA) is 50.2 Å². The number of aliphatic hydroxyl groups is 2. The molecule has 1 saturated heterocycles. The van der Waals surface area contributed by atoms with E-state index in [1.807, 2.05) is 17.0 Å². The molecular weight excluding hydrogens is 618 g/mol. The van der Waals surface area contributed by atoms with Gasteiger partial charge < -0.3 is 0 Å². The zero-order valence-corrected chi connectivity index (χ0v) is 26.4. The predicted octanol–water partition coefficient (Wildman–Crippen LogP) is 5.43. The van der Waals surface area contributed by atoms with Gasteiger partial charge in [0.25, 0.3) is 0 Å². The summed E-state index contributed by atoms with van der Waals surface area (Å²) in [4.78, 5) is 6.74. The first-order chi connectivity index (χ1) is 18.7. The van der Waals surface area contributed by atoms with E-state index in [1.165, 1.54) is 33.6 Å². The Morgan fingerprint density at radius 2 is 1.21 bits per heavy atom. The summed E-state index contributed by atoms with van der Waals surface area (Å²) in [6.07, 6.45) is 0. The van der Waals surface area contributed by atoms with Gasteiger partial charge >= 0.3 is 244 Å². The number of hydrogen-bond acceptors (Lipinski definition) is 5. The molecule has 0 aliphatic carbocycles. The van der Waals surface area contributed by atoms with Crippen LogP contribution >= 0.6 is 19.4 Å². The van der Waals surface area contributed by atoms with Gasteiger partial charge in [-0.25, -0.2) is 0 Å². The molecule has 1 heterocycles. The van der Waals surface area contributed by atoms with Crippen molar-refractivity contribution >= 4 is 39.7 Å². The number of nitrogens with zero attached hydrogens (tertiary/aromatic N) is 3. The zero-order chi connectivity index (χ0) is 28.2. The summed E-state index contributed by atoms with van der Waals surface area (Å²) in [5.41, 5.74) is 9.20. The van der Waals surface area contributed by atoms with Gasteiger partial charge in [-0.2, -0.15) is 0 Å². The van der Waals surface area contributed by atoms with Gasteiger partial charge in [-0.1, -0.05) is 0 Å². The average molecular weight is 658 g/mol. The predicted molar refractivity (Wildman–Crippen MR) is 164 cm³/mol. The van der Waals surface area contributed by atoms with Crippen LogP contribution in [0.15, 0.2) is 60.7 Å². The third kappa shape index (κ3) is 6.70. The molecule has 1 aliphatic heterocycles.